The van der Waals surface area contributed by atoms with E-state index >= 15 is 0 Å². The number of aliphatic hydroxyl groups excluding tert-OH is 2. The van der Waals surface area contributed by atoms with Gasteiger partial charge in [-0.3, -0.25) is 19.7 Å². The van der Waals surface area contributed by atoms with E-state index in [0.717, 1.165) is 0 Å². The highest BCUT2D eigenvalue weighted by molar-refractivity contribution is 6.46. The lowest BCUT2D eigenvalue weighted by Gasteiger charge is -2.25. The summed E-state index contributed by atoms with van der Waals surface area (Å²) in [6.07, 6.45) is 0. The van der Waals surface area contributed by atoms with Crippen LogP contribution in [0.4, 0.5) is 5.69 Å². The first-order valence-electron chi connectivity index (χ1n) is 10.5. The molecule has 1 heterocycles. The zero-order chi connectivity index (χ0) is 24.8. The number of carbonyl (C=O) groups is 2. The van der Waals surface area contributed by atoms with E-state index in [0.29, 0.717) is 5.56 Å². The molecule has 0 radical (unpaired) electrons. The van der Waals surface area contributed by atoms with Crippen molar-refractivity contribution in [1.29, 1.82) is 0 Å². The highest BCUT2D eigenvalue weighted by atomic mass is 16.6. The molecule has 1 amide bonds. The second-order valence-electron chi connectivity index (χ2n) is 7.29. The maximum atomic E-state index is 13.0. The lowest BCUT2D eigenvalue weighted by molar-refractivity contribution is -0.384. The van der Waals surface area contributed by atoms with E-state index in [1.807, 2.05) is 0 Å². The van der Waals surface area contributed by atoms with Crippen LogP contribution in [0.2, 0.25) is 0 Å². The molecule has 0 saturated carbocycles. The number of likely N-dealkylation sites (tertiary alicyclic amines) is 1. The summed E-state index contributed by atoms with van der Waals surface area (Å²) < 4.78 is 10.7. The molecule has 2 aromatic rings. The van der Waals surface area contributed by atoms with Gasteiger partial charge in [-0.1, -0.05) is 6.07 Å². The van der Waals surface area contributed by atoms with Gasteiger partial charge >= 0.3 is 0 Å². The van der Waals surface area contributed by atoms with Crippen molar-refractivity contribution >= 4 is 23.1 Å². The Morgan fingerprint density at radius 3 is 2.47 bits per heavy atom. The minimum Gasteiger partial charge on any atom is -0.507 e. The Hall–Kier alpha value is -3.96. The summed E-state index contributed by atoms with van der Waals surface area (Å²) >= 11 is 0. The van der Waals surface area contributed by atoms with E-state index in [1.165, 1.54) is 47.4 Å². The quantitative estimate of drug-likeness (QED) is 0.118. The van der Waals surface area contributed by atoms with E-state index < -0.39 is 28.4 Å². The number of nitrogens with zero attached hydrogens (tertiary/aromatic N) is 2. The average Bonchev–Trinajstić information content (AvgIpc) is 3.08. The first kappa shape index (κ1) is 24.7. The number of hydrogen-bond donors (Lipinski definition) is 3. The van der Waals surface area contributed by atoms with Gasteiger partial charge in [-0.2, -0.15) is 0 Å². The molecular formula is C23H24N2O9. The van der Waals surface area contributed by atoms with Crippen LogP contribution in [-0.2, 0) is 14.3 Å². The van der Waals surface area contributed by atoms with Gasteiger partial charge in [-0.25, -0.2) is 0 Å². The van der Waals surface area contributed by atoms with Crippen molar-refractivity contribution in [2.24, 2.45) is 0 Å². The highest BCUT2D eigenvalue weighted by Gasteiger charge is 2.46. The number of hydrogen-bond acceptors (Lipinski definition) is 9. The van der Waals surface area contributed by atoms with Gasteiger partial charge in [-0.05, 0) is 36.8 Å². The summed E-state index contributed by atoms with van der Waals surface area (Å²) in [5, 5.41) is 40.9. The van der Waals surface area contributed by atoms with Gasteiger partial charge in [0.15, 0.2) is 11.5 Å². The fourth-order valence-corrected chi connectivity index (χ4v) is 3.66. The van der Waals surface area contributed by atoms with Crippen LogP contribution in [0.1, 0.15) is 24.1 Å². The third-order valence-electron chi connectivity index (χ3n) is 5.20. The van der Waals surface area contributed by atoms with Crippen LogP contribution in [0.3, 0.4) is 0 Å². The van der Waals surface area contributed by atoms with E-state index in [-0.39, 0.29) is 61.3 Å². The number of rotatable bonds is 10. The van der Waals surface area contributed by atoms with Gasteiger partial charge in [-0.15, -0.1) is 0 Å². The number of carbonyl (C=O) groups excluding carboxylic acids is 2. The monoisotopic (exact) mass is 472 g/mol. The van der Waals surface area contributed by atoms with Crippen LogP contribution in [0.15, 0.2) is 48.0 Å². The number of phenols is 1. The van der Waals surface area contributed by atoms with Crippen molar-refractivity contribution in [3.05, 3.63) is 69.3 Å². The van der Waals surface area contributed by atoms with Crippen LogP contribution in [-0.4, -0.2) is 69.8 Å². The van der Waals surface area contributed by atoms with Crippen LogP contribution in [0.5, 0.6) is 11.5 Å². The molecule has 34 heavy (non-hydrogen) atoms. The Kier molecular flexibility index (Phi) is 7.82. The minimum absolute atomic E-state index is 0.0167. The number of aromatic hydroxyl groups is 1. The SMILES string of the molecule is CCOc1cc([C@@H]2/C(=C(\O)c3ccc([N+](=O)[O-])cc3)C(=O)C(=O)N2CCOCCO)ccc1O. The summed E-state index contributed by atoms with van der Waals surface area (Å²) in [6.45, 7) is 1.83. The summed E-state index contributed by atoms with van der Waals surface area (Å²) in [7, 11) is 0. The van der Waals surface area contributed by atoms with E-state index in [9.17, 15) is 29.9 Å². The molecule has 11 nitrogen and oxygen atoms in total. The molecule has 180 valence electrons. The van der Waals surface area contributed by atoms with Crippen molar-refractivity contribution in [1.82, 2.24) is 4.90 Å². The topological polar surface area (TPSA) is 160 Å². The van der Waals surface area contributed by atoms with Gasteiger partial charge in [0.25, 0.3) is 17.4 Å². The molecule has 0 unspecified atom stereocenters. The van der Waals surface area contributed by atoms with Gasteiger partial charge < -0.3 is 29.7 Å². The van der Waals surface area contributed by atoms with Crippen molar-refractivity contribution in [3.8, 4) is 11.5 Å². The summed E-state index contributed by atoms with van der Waals surface area (Å²) in [5.74, 6) is -2.30. The van der Waals surface area contributed by atoms with Crippen LogP contribution in [0.25, 0.3) is 5.76 Å². The average molecular weight is 472 g/mol. The maximum absolute atomic E-state index is 13.0. The predicted octanol–water partition coefficient (Wildman–Crippen LogP) is 2.13. The summed E-state index contributed by atoms with van der Waals surface area (Å²) in [6, 6.07) is 8.21. The van der Waals surface area contributed by atoms with Gasteiger partial charge in [0, 0.05) is 24.2 Å². The number of Topliss-reactive ketones (excluding diaryl/α,β-unsaturated/α-hetero) is 1. The van der Waals surface area contributed by atoms with Crippen LogP contribution in [0, 0.1) is 10.1 Å². The summed E-state index contributed by atoms with van der Waals surface area (Å²) in [4.78, 5) is 37.4. The first-order chi connectivity index (χ1) is 16.3. The second-order valence-corrected chi connectivity index (χ2v) is 7.29. The molecule has 3 rings (SSSR count). The van der Waals surface area contributed by atoms with Gasteiger partial charge in [0.2, 0.25) is 0 Å². The number of amides is 1. The number of phenolic OH excluding ortho intramolecular Hbond substituents is 1. The molecule has 2 aromatic carbocycles. The number of ether oxygens (including phenoxy) is 2. The number of ketones is 1. The molecule has 11 heteroatoms. The number of nitro groups is 1. The van der Waals surface area contributed by atoms with E-state index in [4.69, 9.17) is 14.6 Å². The Bertz CT molecular complexity index is 1110. The van der Waals surface area contributed by atoms with Crippen molar-refractivity contribution in [3.63, 3.8) is 0 Å². The Morgan fingerprint density at radius 1 is 1.15 bits per heavy atom. The zero-order valence-corrected chi connectivity index (χ0v) is 18.3. The fourth-order valence-electron chi connectivity index (χ4n) is 3.66. The van der Waals surface area contributed by atoms with Crippen LogP contribution >= 0.6 is 0 Å². The van der Waals surface area contributed by atoms with Crippen molar-refractivity contribution in [2.45, 2.75) is 13.0 Å². The second kappa shape index (κ2) is 10.8. The van der Waals surface area contributed by atoms with Crippen molar-refractivity contribution < 1.29 is 39.3 Å². The van der Waals surface area contributed by atoms with Crippen molar-refractivity contribution in [2.75, 3.05) is 33.0 Å². The molecular weight excluding hydrogens is 448 g/mol. The number of nitro benzene ring substituents is 1. The maximum Gasteiger partial charge on any atom is 0.295 e. The molecule has 3 N–H and O–H groups in total. The highest BCUT2D eigenvalue weighted by Crippen LogP contribution is 2.41. The molecule has 1 aliphatic rings. The molecule has 0 bridgehead atoms. The lowest BCUT2D eigenvalue weighted by Crippen LogP contribution is -2.33. The molecule has 0 aliphatic carbocycles. The zero-order valence-electron chi connectivity index (χ0n) is 18.3. The van der Waals surface area contributed by atoms with E-state index in [1.54, 1.807) is 6.92 Å². The molecule has 0 aromatic heterocycles. The molecule has 1 atom stereocenters. The number of benzene rings is 2. The Morgan fingerprint density at radius 2 is 1.85 bits per heavy atom. The Balaban J connectivity index is 2.11. The first-order valence-corrected chi connectivity index (χ1v) is 10.5. The van der Waals surface area contributed by atoms with Crippen LogP contribution < -0.4 is 4.74 Å². The Labute approximate surface area is 194 Å². The number of aliphatic hydroxyl groups is 2. The smallest absolute Gasteiger partial charge is 0.295 e. The molecule has 0 spiro atoms. The lowest BCUT2D eigenvalue weighted by atomic mass is 9.95. The van der Waals surface area contributed by atoms with Gasteiger partial charge in [0.05, 0.1) is 43.0 Å². The minimum atomic E-state index is -1.03. The number of non-ortho nitro benzene ring substituents is 1. The normalized spacial score (nSPS) is 17.2. The molecule has 1 saturated heterocycles. The third-order valence-corrected chi connectivity index (χ3v) is 5.20. The van der Waals surface area contributed by atoms with E-state index in [2.05, 4.69) is 0 Å². The molecule has 1 fully saturated rings. The largest absolute Gasteiger partial charge is 0.507 e. The summed E-state index contributed by atoms with van der Waals surface area (Å²) in [5.41, 5.74) is 0.101. The van der Waals surface area contributed by atoms with Gasteiger partial charge in [0.1, 0.15) is 5.76 Å². The molecule has 1 aliphatic heterocycles. The third kappa shape index (κ3) is 5.00. The fraction of sp³-hybridized carbons (Fsp3) is 0.304. The standard InChI is InChI=1S/C23H24N2O9/c1-2-34-18-13-15(5-8-17(18)27)20-19(21(28)14-3-6-16(7-4-14)25(31)32)22(29)23(30)24(20)9-11-33-12-10-26/h3-8,13,20,26-28H,2,9-12H2,1H3/b21-19+/t20-/m1/s1. The predicted molar refractivity (Wildman–Crippen MR) is 119 cm³/mol.